The number of aryl methyl sites for hydroxylation is 2. The molecule has 0 bridgehead atoms. The summed E-state index contributed by atoms with van der Waals surface area (Å²) < 4.78 is 4.94. The van der Waals surface area contributed by atoms with Crippen molar-refractivity contribution in [2.45, 2.75) is 60.3 Å². The molecular weight excluding hydrogens is 460 g/mol. The minimum atomic E-state index is 0.0298. The Morgan fingerprint density at radius 3 is 2.21 bits per heavy atom. The van der Waals surface area contributed by atoms with E-state index in [2.05, 4.69) is 131 Å². The minimum absolute atomic E-state index is 0.0298. The van der Waals surface area contributed by atoms with Gasteiger partial charge in [-0.05, 0) is 63.1 Å². The Bertz CT molecular complexity index is 2070. The lowest BCUT2D eigenvalue weighted by molar-refractivity contribution is -0.643. The number of rotatable bonds is 1. The highest BCUT2D eigenvalue weighted by molar-refractivity contribution is 6.28. The van der Waals surface area contributed by atoms with Crippen LogP contribution < -0.4 is 4.57 Å². The van der Waals surface area contributed by atoms with E-state index in [4.69, 9.17) is 0 Å². The van der Waals surface area contributed by atoms with Crippen LogP contribution in [0.3, 0.4) is 0 Å². The molecule has 7 aromatic rings. The first-order valence-corrected chi connectivity index (χ1v) is 13.9. The summed E-state index contributed by atoms with van der Waals surface area (Å²) in [5, 5.41) is 9.40. The SMILES string of the molecule is Cc1c2cc(CC(C)(C)C)ccc2cc2c1c1c3c(ccc4c5cccc(C(C)(C)C)c5n2c43)cc[n+]1C. The molecule has 0 saturated carbocycles. The van der Waals surface area contributed by atoms with E-state index in [9.17, 15) is 0 Å². The monoisotopic (exact) mass is 497 g/mol. The van der Waals surface area contributed by atoms with Gasteiger partial charge in [0.15, 0.2) is 6.20 Å². The van der Waals surface area contributed by atoms with Crippen LogP contribution >= 0.6 is 0 Å². The Balaban J connectivity index is 1.79. The zero-order valence-corrected chi connectivity index (χ0v) is 24.0. The molecule has 38 heavy (non-hydrogen) atoms. The Morgan fingerprint density at radius 2 is 1.47 bits per heavy atom. The van der Waals surface area contributed by atoms with Crippen molar-refractivity contribution in [2.24, 2.45) is 12.5 Å². The van der Waals surface area contributed by atoms with Crippen molar-refractivity contribution in [3.05, 3.63) is 83.6 Å². The van der Waals surface area contributed by atoms with E-state index in [-0.39, 0.29) is 10.8 Å². The van der Waals surface area contributed by atoms with Gasteiger partial charge in [-0.2, -0.15) is 0 Å². The van der Waals surface area contributed by atoms with Gasteiger partial charge in [0.2, 0.25) is 5.52 Å². The smallest absolute Gasteiger partial charge is 0.224 e. The molecule has 4 aromatic carbocycles. The van der Waals surface area contributed by atoms with Crippen molar-refractivity contribution in [1.29, 1.82) is 0 Å². The molecule has 0 aliphatic heterocycles. The lowest BCUT2D eigenvalue weighted by Gasteiger charge is -2.22. The number of benzene rings is 4. The molecule has 190 valence electrons. The van der Waals surface area contributed by atoms with Gasteiger partial charge in [-0.25, -0.2) is 4.57 Å². The average molecular weight is 498 g/mol. The molecule has 7 rings (SSSR count). The second-order valence-corrected chi connectivity index (χ2v) is 13.7. The highest BCUT2D eigenvalue weighted by Crippen LogP contribution is 2.44. The van der Waals surface area contributed by atoms with Crippen molar-refractivity contribution < 1.29 is 4.57 Å². The maximum absolute atomic E-state index is 2.60. The summed E-state index contributed by atoms with van der Waals surface area (Å²) in [5.41, 5.74) is 9.79. The molecule has 0 amide bonds. The number of aromatic nitrogens is 2. The topological polar surface area (TPSA) is 8.29 Å². The molecular formula is C36H37N2+. The number of fused-ring (bicyclic) bond motifs is 7. The molecule has 2 nitrogen and oxygen atoms in total. The Kier molecular flexibility index (Phi) is 4.61. The van der Waals surface area contributed by atoms with Crippen molar-refractivity contribution >= 4 is 59.8 Å². The first kappa shape index (κ1) is 23.5. The summed E-state index contributed by atoms with van der Waals surface area (Å²) in [6, 6.07) is 23.4. The lowest BCUT2D eigenvalue weighted by atomic mass is 9.85. The van der Waals surface area contributed by atoms with Gasteiger partial charge in [0.25, 0.3) is 0 Å². The van der Waals surface area contributed by atoms with Crippen molar-refractivity contribution in [3.8, 4) is 0 Å². The quantitative estimate of drug-likeness (QED) is 0.121. The van der Waals surface area contributed by atoms with E-state index in [0.717, 1.165) is 6.42 Å². The predicted molar refractivity (Wildman–Crippen MR) is 164 cm³/mol. The third-order valence-electron chi connectivity index (χ3n) is 8.52. The number of nitrogens with zero attached hydrogens (tertiary/aromatic N) is 2. The van der Waals surface area contributed by atoms with Crippen LogP contribution in [-0.4, -0.2) is 4.40 Å². The fourth-order valence-corrected chi connectivity index (χ4v) is 6.95. The second kappa shape index (κ2) is 7.47. The molecule has 0 radical (unpaired) electrons. The maximum atomic E-state index is 2.60. The van der Waals surface area contributed by atoms with Crippen LogP contribution in [0.2, 0.25) is 0 Å². The van der Waals surface area contributed by atoms with Gasteiger partial charge in [-0.3, -0.25) is 0 Å². The molecule has 0 saturated heterocycles. The first-order chi connectivity index (χ1) is 17.9. The fourth-order valence-electron chi connectivity index (χ4n) is 6.95. The normalized spacial score (nSPS) is 13.4. The third kappa shape index (κ3) is 3.16. The van der Waals surface area contributed by atoms with Gasteiger partial charge >= 0.3 is 0 Å². The number of hydrogen-bond donors (Lipinski definition) is 0. The number of hydrogen-bond acceptors (Lipinski definition) is 0. The van der Waals surface area contributed by atoms with Gasteiger partial charge in [0, 0.05) is 16.8 Å². The van der Waals surface area contributed by atoms with Gasteiger partial charge in [-0.1, -0.05) is 90.1 Å². The number of para-hydroxylation sites is 1. The average Bonchev–Trinajstić information content (AvgIpc) is 3.18. The summed E-state index contributed by atoms with van der Waals surface area (Å²) in [7, 11) is 2.20. The molecule has 2 heteroatoms. The van der Waals surface area contributed by atoms with Gasteiger partial charge < -0.3 is 4.40 Å². The molecule has 0 unspecified atom stereocenters. The zero-order valence-electron chi connectivity index (χ0n) is 24.0. The van der Waals surface area contributed by atoms with Crippen LogP contribution in [0.25, 0.3) is 59.8 Å². The molecule has 3 aromatic heterocycles. The molecule has 0 fully saturated rings. The molecule has 0 spiro atoms. The van der Waals surface area contributed by atoms with Crippen LogP contribution in [-0.2, 0) is 18.9 Å². The van der Waals surface area contributed by atoms with Crippen LogP contribution in [0.5, 0.6) is 0 Å². The minimum Gasteiger partial charge on any atom is -0.307 e. The van der Waals surface area contributed by atoms with E-state index < -0.39 is 0 Å². The van der Waals surface area contributed by atoms with E-state index in [1.165, 1.54) is 76.5 Å². The highest BCUT2D eigenvalue weighted by Gasteiger charge is 2.27. The summed E-state index contributed by atoms with van der Waals surface area (Å²) in [5.74, 6) is 0. The van der Waals surface area contributed by atoms with E-state index in [1.54, 1.807) is 0 Å². The zero-order chi connectivity index (χ0) is 26.7. The van der Waals surface area contributed by atoms with Crippen molar-refractivity contribution in [3.63, 3.8) is 0 Å². The maximum Gasteiger partial charge on any atom is 0.224 e. The van der Waals surface area contributed by atoms with Gasteiger partial charge in [0.1, 0.15) is 7.05 Å². The Morgan fingerprint density at radius 1 is 0.737 bits per heavy atom. The highest BCUT2D eigenvalue weighted by atomic mass is 15.0. The second-order valence-electron chi connectivity index (χ2n) is 13.7. The molecule has 0 aliphatic rings. The van der Waals surface area contributed by atoms with E-state index >= 15 is 0 Å². The largest absolute Gasteiger partial charge is 0.307 e. The molecule has 0 atom stereocenters. The standard InChI is InChI=1S/C36H37N2/c1-21-27-18-22(20-35(2,3)4)12-13-24(27)19-29-30(21)34-31-23(16-17-37(34)8)14-15-26-25-10-9-11-28(36(5,6)7)32(25)38(29)33(26)31/h9-19H,20H2,1-8H3/q+1. The molecule has 0 aliphatic carbocycles. The van der Waals surface area contributed by atoms with Crippen LogP contribution in [0.4, 0.5) is 0 Å². The lowest BCUT2D eigenvalue weighted by Crippen LogP contribution is -2.29. The summed E-state index contributed by atoms with van der Waals surface area (Å²) in [4.78, 5) is 0. The van der Waals surface area contributed by atoms with Gasteiger partial charge in [0.05, 0.1) is 27.3 Å². The van der Waals surface area contributed by atoms with E-state index in [1.807, 2.05) is 0 Å². The predicted octanol–water partition coefficient (Wildman–Crippen LogP) is 9.16. The molecule has 0 N–H and O–H groups in total. The molecule has 3 heterocycles. The van der Waals surface area contributed by atoms with Crippen molar-refractivity contribution in [1.82, 2.24) is 4.40 Å². The third-order valence-corrected chi connectivity index (χ3v) is 8.52. The summed E-state index contributed by atoms with van der Waals surface area (Å²) >= 11 is 0. The number of pyridine rings is 2. The fraction of sp³-hybridized carbons (Fsp3) is 0.306. The first-order valence-electron chi connectivity index (χ1n) is 13.9. The van der Waals surface area contributed by atoms with Crippen molar-refractivity contribution in [2.75, 3.05) is 0 Å². The Hall–Kier alpha value is -3.65. The van der Waals surface area contributed by atoms with Gasteiger partial charge in [-0.15, -0.1) is 0 Å². The van der Waals surface area contributed by atoms with Crippen LogP contribution in [0.15, 0.2) is 66.9 Å². The van der Waals surface area contributed by atoms with Crippen LogP contribution in [0, 0.1) is 12.3 Å². The van der Waals surface area contributed by atoms with Crippen LogP contribution in [0.1, 0.15) is 58.2 Å². The summed E-state index contributed by atoms with van der Waals surface area (Å²) in [6.07, 6.45) is 3.30. The summed E-state index contributed by atoms with van der Waals surface area (Å²) in [6.45, 7) is 16.3. The Labute approximate surface area is 224 Å². The van der Waals surface area contributed by atoms with E-state index in [0.29, 0.717) is 0 Å².